The first-order valence-corrected chi connectivity index (χ1v) is 8.87. The molecule has 1 N–H and O–H groups in total. The second-order valence-electron chi connectivity index (χ2n) is 5.80. The molecule has 2 heterocycles. The van der Waals surface area contributed by atoms with Gasteiger partial charge in [-0.1, -0.05) is 11.3 Å². The van der Waals surface area contributed by atoms with Gasteiger partial charge < -0.3 is 9.47 Å². The van der Waals surface area contributed by atoms with Crippen LogP contribution in [0, 0.1) is 0 Å². The van der Waals surface area contributed by atoms with Gasteiger partial charge in [-0.15, -0.1) is 0 Å². The van der Waals surface area contributed by atoms with E-state index < -0.39 is 31.5 Å². The van der Waals surface area contributed by atoms with Gasteiger partial charge in [-0.2, -0.15) is 26.3 Å². The Kier molecular flexibility index (Phi) is 6.01. The zero-order valence-corrected chi connectivity index (χ0v) is 15.5. The van der Waals surface area contributed by atoms with Crippen molar-refractivity contribution in [3.05, 3.63) is 42.1 Å². The van der Waals surface area contributed by atoms with Gasteiger partial charge in [0.25, 0.3) is 5.91 Å². The number of ether oxygens (including phenoxy) is 2. The van der Waals surface area contributed by atoms with Crippen molar-refractivity contribution >= 4 is 32.6 Å². The number of anilines is 1. The highest BCUT2D eigenvalue weighted by atomic mass is 32.1. The number of benzene rings is 1. The predicted octanol–water partition coefficient (Wildman–Crippen LogP) is 4.83. The molecule has 0 spiro atoms. The van der Waals surface area contributed by atoms with E-state index >= 15 is 0 Å². The van der Waals surface area contributed by atoms with Crippen LogP contribution in [0.4, 0.5) is 31.5 Å². The fraction of sp³-hybridized carbons (Fsp3) is 0.235. The SMILES string of the molecule is O=C(Nc1nc2ccc(OCC(F)(F)F)cc2s1)c1ccc(OCC(F)(F)F)nc1. The van der Waals surface area contributed by atoms with Crippen LogP contribution in [-0.4, -0.2) is 41.4 Å². The number of thiazole rings is 1. The summed E-state index contributed by atoms with van der Waals surface area (Å²) in [6.45, 7) is -2.94. The average Bonchev–Trinajstić information content (AvgIpc) is 3.05. The van der Waals surface area contributed by atoms with Crippen LogP contribution < -0.4 is 14.8 Å². The Bertz CT molecular complexity index is 1030. The molecule has 2 aromatic heterocycles. The van der Waals surface area contributed by atoms with E-state index in [1.807, 2.05) is 0 Å². The zero-order chi connectivity index (χ0) is 21.9. The molecule has 1 amide bonds. The Hall–Kier alpha value is -3.09. The predicted molar refractivity (Wildman–Crippen MR) is 94.9 cm³/mol. The van der Waals surface area contributed by atoms with E-state index in [0.29, 0.717) is 10.2 Å². The second kappa shape index (κ2) is 8.34. The molecule has 30 heavy (non-hydrogen) atoms. The van der Waals surface area contributed by atoms with Gasteiger partial charge in [0.2, 0.25) is 5.88 Å². The van der Waals surface area contributed by atoms with Crippen molar-refractivity contribution in [2.45, 2.75) is 12.4 Å². The smallest absolute Gasteiger partial charge is 0.422 e. The van der Waals surface area contributed by atoms with Gasteiger partial charge in [0, 0.05) is 12.3 Å². The summed E-state index contributed by atoms with van der Waals surface area (Å²) in [4.78, 5) is 20.0. The fourth-order valence-electron chi connectivity index (χ4n) is 2.14. The van der Waals surface area contributed by atoms with Crippen LogP contribution in [0.25, 0.3) is 10.2 Å². The number of pyridine rings is 1. The van der Waals surface area contributed by atoms with Gasteiger partial charge in [0.15, 0.2) is 18.3 Å². The number of hydrogen-bond donors (Lipinski definition) is 1. The molecule has 0 aliphatic heterocycles. The number of aromatic nitrogens is 2. The summed E-state index contributed by atoms with van der Waals surface area (Å²) >= 11 is 1.01. The van der Waals surface area contributed by atoms with E-state index in [0.717, 1.165) is 23.6 Å². The third kappa shape index (κ3) is 6.20. The number of halogens is 6. The summed E-state index contributed by atoms with van der Waals surface area (Å²) in [5, 5.41) is 2.65. The third-order valence-corrected chi connectivity index (χ3v) is 4.30. The summed E-state index contributed by atoms with van der Waals surface area (Å²) in [5.74, 6) is -0.923. The molecule has 0 bridgehead atoms. The zero-order valence-electron chi connectivity index (χ0n) is 14.7. The van der Waals surface area contributed by atoms with Gasteiger partial charge in [0.1, 0.15) is 5.75 Å². The number of rotatable bonds is 6. The molecule has 0 aliphatic carbocycles. The molecule has 160 valence electrons. The molecular weight excluding hydrogens is 440 g/mol. The van der Waals surface area contributed by atoms with Gasteiger partial charge in [-0.05, 0) is 24.3 Å². The van der Waals surface area contributed by atoms with Crippen LogP contribution in [0.2, 0.25) is 0 Å². The highest BCUT2D eigenvalue weighted by Crippen LogP contribution is 2.30. The molecule has 3 aromatic rings. The average molecular weight is 451 g/mol. The summed E-state index contributed by atoms with van der Waals surface area (Å²) in [7, 11) is 0. The lowest BCUT2D eigenvalue weighted by Gasteiger charge is -2.08. The molecule has 1 aromatic carbocycles. The lowest BCUT2D eigenvalue weighted by Crippen LogP contribution is -2.19. The summed E-state index contributed by atoms with van der Waals surface area (Å²) in [5.41, 5.74) is 0.478. The van der Waals surface area contributed by atoms with E-state index in [1.54, 1.807) is 0 Å². The number of nitrogens with one attached hydrogen (secondary N) is 1. The van der Waals surface area contributed by atoms with Crippen molar-refractivity contribution in [1.82, 2.24) is 9.97 Å². The summed E-state index contributed by atoms with van der Waals surface area (Å²) in [6, 6.07) is 6.47. The van der Waals surface area contributed by atoms with Crippen LogP contribution in [0.3, 0.4) is 0 Å². The Balaban J connectivity index is 1.64. The minimum Gasteiger partial charge on any atom is -0.484 e. The normalized spacial score (nSPS) is 12.1. The van der Waals surface area contributed by atoms with Crippen molar-refractivity contribution in [2.24, 2.45) is 0 Å². The van der Waals surface area contributed by atoms with E-state index in [4.69, 9.17) is 0 Å². The quantitative estimate of drug-likeness (QED) is 0.544. The number of hydrogen-bond acceptors (Lipinski definition) is 6. The molecule has 0 aliphatic rings. The number of carbonyl (C=O) groups excluding carboxylic acids is 1. The van der Waals surface area contributed by atoms with Gasteiger partial charge >= 0.3 is 12.4 Å². The molecule has 0 radical (unpaired) electrons. The fourth-order valence-corrected chi connectivity index (χ4v) is 3.03. The Morgan fingerprint density at radius 2 is 1.70 bits per heavy atom. The maximum absolute atomic E-state index is 12.2. The van der Waals surface area contributed by atoms with Crippen molar-refractivity contribution in [1.29, 1.82) is 0 Å². The Morgan fingerprint density at radius 3 is 2.33 bits per heavy atom. The third-order valence-electron chi connectivity index (χ3n) is 3.37. The first kappa shape index (κ1) is 21.6. The summed E-state index contributed by atoms with van der Waals surface area (Å²) in [6.07, 6.45) is -7.94. The van der Waals surface area contributed by atoms with E-state index in [2.05, 4.69) is 24.8 Å². The van der Waals surface area contributed by atoms with Crippen molar-refractivity contribution < 1.29 is 40.6 Å². The maximum Gasteiger partial charge on any atom is 0.422 e. The Labute approximate surface area is 168 Å². The number of amides is 1. The van der Waals surface area contributed by atoms with E-state index in [-0.39, 0.29) is 22.3 Å². The van der Waals surface area contributed by atoms with Crippen LogP contribution >= 0.6 is 11.3 Å². The highest BCUT2D eigenvalue weighted by Gasteiger charge is 2.29. The lowest BCUT2D eigenvalue weighted by atomic mass is 10.3. The van der Waals surface area contributed by atoms with Gasteiger partial charge in [-0.3, -0.25) is 10.1 Å². The largest absolute Gasteiger partial charge is 0.484 e. The lowest BCUT2D eigenvalue weighted by molar-refractivity contribution is -0.154. The standard InChI is InChI=1S/C17H11F6N3O3S/c18-16(19,20)7-28-10-2-3-11-12(5-10)30-15(25-11)26-14(27)9-1-4-13(24-6-9)29-8-17(21,22)23/h1-6H,7-8H2,(H,25,26,27). The molecule has 0 fully saturated rings. The molecule has 6 nitrogen and oxygen atoms in total. The number of alkyl halides is 6. The molecule has 3 rings (SSSR count). The van der Waals surface area contributed by atoms with Crippen molar-refractivity contribution in [3.63, 3.8) is 0 Å². The minimum atomic E-state index is -4.51. The number of nitrogens with zero attached hydrogens (tertiary/aromatic N) is 2. The first-order chi connectivity index (χ1) is 14.0. The molecule has 0 saturated carbocycles. The highest BCUT2D eigenvalue weighted by molar-refractivity contribution is 7.22. The van der Waals surface area contributed by atoms with Gasteiger partial charge in [-0.25, -0.2) is 9.97 Å². The van der Waals surface area contributed by atoms with Crippen molar-refractivity contribution in [3.8, 4) is 11.6 Å². The number of fused-ring (bicyclic) bond motifs is 1. The second-order valence-corrected chi connectivity index (χ2v) is 6.83. The Morgan fingerprint density at radius 1 is 1.00 bits per heavy atom. The number of carbonyl (C=O) groups is 1. The molecule has 0 atom stereocenters. The van der Waals surface area contributed by atoms with Crippen LogP contribution in [0.15, 0.2) is 36.5 Å². The minimum absolute atomic E-state index is 0.00000267. The van der Waals surface area contributed by atoms with Crippen LogP contribution in [-0.2, 0) is 0 Å². The maximum atomic E-state index is 12.2. The first-order valence-electron chi connectivity index (χ1n) is 8.06. The molecular formula is C17H11F6N3O3S. The monoisotopic (exact) mass is 451 g/mol. The molecule has 0 unspecified atom stereocenters. The van der Waals surface area contributed by atoms with E-state index in [1.165, 1.54) is 24.3 Å². The van der Waals surface area contributed by atoms with Gasteiger partial charge in [0.05, 0.1) is 15.8 Å². The molecule has 13 heteroatoms. The van der Waals surface area contributed by atoms with Crippen molar-refractivity contribution in [2.75, 3.05) is 18.5 Å². The molecule has 0 saturated heterocycles. The summed E-state index contributed by atoms with van der Waals surface area (Å²) < 4.78 is 82.7. The van der Waals surface area contributed by atoms with E-state index in [9.17, 15) is 31.1 Å². The van der Waals surface area contributed by atoms with Crippen LogP contribution in [0.1, 0.15) is 10.4 Å². The van der Waals surface area contributed by atoms with Crippen LogP contribution in [0.5, 0.6) is 11.6 Å². The topological polar surface area (TPSA) is 73.3 Å².